The van der Waals surface area contributed by atoms with E-state index in [0.717, 1.165) is 5.56 Å². The van der Waals surface area contributed by atoms with Crippen LogP contribution in [0.5, 0.6) is 5.75 Å². The van der Waals surface area contributed by atoms with Crippen LogP contribution < -0.4 is 10.1 Å². The average Bonchev–Trinajstić information content (AvgIpc) is 2.51. The molecule has 0 fully saturated rings. The summed E-state index contributed by atoms with van der Waals surface area (Å²) in [6.07, 6.45) is 0. The minimum absolute atomic E-state index is 0.0789. The Bertz CT molecular complexity index is 758. The van der Waals surface area contributed by atoms with Crippen molar-refractivity contribution in [2.24, 2.45) is 0 Å². The first-order valence-electron chi connectivity index (χ1n) is 8.37. The lowest BCUT2D eigenvalue weighted by Crippen LogP contribution is -2.42. The Balaban J connectivity index is 2.12. The molecule has 2 aromatic carbocycles. The van der Waals surface area contributed by atoms with E-state index in [9.17, 15) is 4.79 Å². The van der Waals surface area contributed by atoms with Crippen LogP contribution in [0.25, 0.3) is 0 Å². The number of hydrogen-bond acceptors (Lipinski definition) is 2. The Hall–Kier alpha value is -2.00. The minimum Gasteiger partial charge on any atom is -0.478 e. The van der Waals surface area contributed by atoms with E-state index in [0.29, 0.717) is 16.5 Å². The molecule has 0 aromatic heterocycles. The van der Waals surface area contributed by atoms with Gasteiger partial charge in [-0.05, 0) is 61.6 Å². The zero-order chi connectivity index (χ0) is 18.8. The maximum Gasteiger partial charge on any atom is 0.267 e. The van der Waals surface area contributed by atoms with Crippen molar-refractivity contribution in [2.45, 2.75) is 52.6 Å². The van der Waals surface area contributed by atoms with E-state index in [1.54, 1.807) is 19.9 Å². The van der Waals surface area contributed by atoms with E-state index in [-0.39, 0.29) is 11.3 Å². The highest BCUT2D eigenvalue weighted by molar-refractivity contribution is 6.31. The first-order chi connectivity index (χ1) is 11.5. The Labute approximate surface area is 155 Å². The van der Waals surface area contributed by atoms with Crippen molar-refractivity contribution in [1.82, 2.24) is 0 Å². The smallest absolute Gasteiger partial charge is 0.267 e. The molecule has 0 aliphatic carbocycles. The molecule has 2 aromatic rings. The van der Waals surface area contributed by atoms with Crippen LogP contribution in [-0.2, 0) is 10.2 Å². The third kappa shape index (κ3) is 4.76. The molecule has 0 aliphatic rings. The van der Waals surface area contributed by atoms with Crippen LogP contribution in [0.2, 0.25) is 5.02 Å². The predicted molar refractivity (Wildman–Crippen MR) is 105 cm³/mol. The summed E-state index contributed by atoms with van der Waals surface area (Å²) in [7, 11) is 0. The molecule has 0 radical (unpaired) electrons. The molecule has 1 N–H and O–H groups in total. The second-order valence-corrected chi connectivity index (χ2v) is 8.16. The van der Waals surface area contributed by atoms with Gasteiger partial charge in [-0.2, -0.15) is 0 Å². The molecule has 2 rings (SSSR count). The van der Waals surface area contributed by atoms with Gasteiger partial charge in [0.05, 0.1) is 0 Å². The molecule has 0 saturated heterocycles. The van der Waals surface area contributed by atoms with Crippen LogP contribution in [0.15, 0.2) is 42.5 Å². The van der Waals surface area contributed by atoms with Gasteiger partial charge in [-0.1, -0.05) is 50.6 Å². The number of carbonyl (C=O) groups excluding carboxylic acids is 1. The SMILES string of the molecule is Cc1c(Cl)cccc1NC(=O)C(C)(C)Oc1ccc(C(C)(C)C)cc1. The zero-order valence-electron chi connectivity index (χ0n) is 15.7. The predicted octanol–water partition coefficient (Wildman–Crippen LogP) is 5.74. The second-order valence-electron chi connectivity index (χ2n) is 7.75. The molecule has 4 heteroatoms. The zero-order valence-corrected chi connectivity index (χ0v) is 16.5. The van der Waals surface area contributed by atoms with E-state index in [1.807, 2.05) is 43.3 Å². The number of nitrogens with one attached hydrogen (secondary N) is 1. The summed E-state index contributed by atoms with van der Waals surface area (Å²) in [5.41, 5.74) is 1.81. The van der Waals surface area contributed by atoms with Gasteiger partial charge in [0.15, 0.2) is 5.60 Å². The molecule has 3 nitrogen and oxygen atoms in total. The average molecular weight is 360 g/mol. The van der Waals surface area contributed by atoms with Crippen LogP contribution >= 0.6 is 11.6 Å². The highest BCUT2D eigenvalue weighted by atomic mass is 35.5. The van der Waals surface area contributed by atoms with Crippen LogP contribution in [0.1, 0.15) is 45.7 Å². The quantitative estimate of drug-likeness (QED) is 0.755. The van der Waals surface area contributed by atoms with Crippen LogP contribution in [0.3, 0.4) is 0 Å². The van der Waals surface area contributed by atoms with Crippen LogP contribution in [0, 0.1) is 6.92 Å². The van der Waals surface area contributed by atoms with Gasteiger partial charge in [0, 0.05) is 10.7 Å². The molecular formula is C21H26ClNO2. The molecule has 25 heavy (non-hydrogen) atoms. The normalized spacial score (nSPS) is 12.0. The summed E-state index contributed by atoms with van der Waals surface area (Å²) in [6, 6.07) is 13.3. The number of hydrogen-bond donors (Lipinski definition) is 1. The molecular weight excluding hydrogens is 334 g/mol. The Morgan fingerprint density at radius 1 is 1.00 bits per heavy atom. The Kier molecular flexibility index (Phi) is 5.48. The van der Waals surface area contributed by atoms with E-state index < -0.39 is 5.60 Å². The van der Waals surface area contributed by atoms with Gasteiger partial charge in [0.25, 0.3) is 5.91 Å². The van der Waals surface area contributed by atoms with Crippen molar-refractivity contribution in [3.63, 3.8) is 0 Å². The number of amides is 1. The summed E-state index contributed by atoms with van der Waals surface area (Å²) in [5, 5.41) is 3.52. The van der Waals surface area contributed by atoms with Gasteiger partial charge in [0.1, 0.15) is 5.75 Å². The van der Waals surface area contributed by atoms with Crippen molar-refractivity contribution in [3.8, 4) is 5.75 Å². The summed E-state index contributed by atoms with van der Waals surface area (Å²) >= 11 is 6.11. The van der Waals surface area contributed by atoms with Gasteiger partial charge in [-0.25, -0.2) is 0 Å². The van der Waals surface area contributed by atoms with E-state index in [1.165, 1.54) is 5.56 Å². The number of ether oxygens (including phenoxy) is 1. The van der Waals surface area contributed by atoms with Crippen molar-refractivity contribution in [2.75, 3.05) is 5.32 Å². The van der Waals surface area contributed by atoms with Gasteiger partial charge in [-0.3, -0.25) is 4.79 Å². The third-order valence-corrected chi connectivity index (χ3v) is 4.57. The van der Waals surface area contributed by atoms with E-state index in [2.05, 4.69) is 26.1 Å². The number of benzene rings is 2. The monoisotopic (exact) mass is 359 g/mol. The largest absolute Gasteiger partial charge is 0.478 e. The number of carbonyl (C=O) groups is 1. The molecule has 1 amide bonds. The standard InChI is InChI=1S/C21H26ClNO2/c1-14-17(22)8-7-9-18(14)23-19(24)21(5,6)25-16-12-10-15(11-13-16)20(2,3)4/h7-13H,1-6H3,(H,23,24). The van der Waals surface area contributed by atoms with Crippen molar-refractivity contribution < 1.29 is 9.53 Å². The fraction of sp³-hybridized carbons (Fsp3) is 0.381. The van der Waals surface area contributed by atoms with Gasteiger partial charge >= 0.3 is 0 Å². The third-order valence-electron chi connectivity index (χ3n) is 4.16. The topological polar surface area (TPSA) is 38.3 Å². The fourth-order valence-electron chi connectivity index (χ4n) is 2.38. The molecule has 0 saturated carbocycles. The second kappa shape index (κ2) is 7.09. The molecule has 0 unspecified atom stereocenters. The van der Waals surface area contributed by atoms with Crippen LogP contribution in [0.4, 0.5) is 5.69 Å². The first kappa shape index (κ1) is 19.3. The number of halogens is 1. The van der Waals surface area contributed by atoms with Crippen molar-refractivity contribution in [3.05, 3.63) is 58.6 Å². The molecule has 0 spiro atoms. The fourth-order valence-corrected chi connectivity index (χ4v) is 2.55. The number of rotatable bonds is 4. The lowest BCUT2D eigenvalue weighted by atomic mass is 9.87. The van der Waals surface area contributed by atoms with Gasteiger partial charge in [-0.15, -0.1) is 0 Å². The lowest BCUT2D eigenvalue weighted by Gasteiger charge is -2.26. The summed E-state index contributed by atoms with van der Waals surface area (Å²) < 4.78 is 5.93. The maximum atomic E-state index is 12.6. The molecule has 0 aliphatic heterocycles. The van der Waals surface area contributed by atoms with Gasteiger partial charge in [0.2, 0.25) is 0 Å². The molecule has 0 heterocycles. The highest BCUT2D eigenvalue weighted by Crippen LogP contribution is 2.27. The molecule has 134 valence electrons. The Morgan fingerprint density at radius 2 is 1.60 bits per heavy atom. The van der Waals surface area contributed by atoms with E-state index >= 15 is 0 Å². The maximum absolute atomic E-state index is 12.6. The summed E-state index contributed by atoms with van der Waals surface area (Å²) in [4.78, 5) is 12.6. The summed E-state index contributed by atoms with van der Waals surface area (Å²) in [6.45, 7) is 11.9. The molecule has 0 atom stereocenters. The van der Waals surface area contributed by atoms with Gasteiger partial charge < -0.3 is 10.1 Å². The van der Waals surface area contributed by atoms with Crippen molar-refractivity contribution in [1.29, 1.82) is 0 Å². The first-order valence-corrected chi connectivity index (χ1v) is 8.74. The number of anilines is 1. The Morgan fingerprint density at radius 3 is 2.16 bits per heavy atom. The minimum atomic E-state index is -1.02. The molecule has 0 bridgehead atoms. The summed E-state index contributed by atoms with van der Waals surface area (Å²) in [5.74, 6) is 0.439. The van der Waals surface area contributed by atoms with E-state index in [4.69, 9.17) is 16.3 Å². The van der Waals surface area contributed by atoms with Crippen LogP contribution in [-0.4, -0.2) is 11.5 Å². The lowest BCUT2D eigenvalue weighted by molar-refractivity contribution is -0.128. The van der Waals surface area contributed by atoms with Crippen molar-refractivity contribution >= 4 is 23.2 Å². The highest BCUT2D eigenvalue weighted by Gasteiger charge is 2.30.